The van der Waals surface area contributed by atoms with Crippen LogP contribution in [0.1, 0.15) is 73.7 Å². The van der Waals surface area contributed by atoms with E-state index in [0.29, 0.717) is 21.3 Å². The molecule has 4 rings (SSSR count). The summed E-state index contributed by atoms with van der Waals surface area (Å²) < 4.78 is 4.67. The second-order valence-electron chi connectivity index (χ2n) is 7.77. The van der Waals surface area contributed by atoms with Crippen LogP contribution in [0.25, 0.3) is 0 Å². The number of esters is 1. The van der Waals surface area contributed by atoms with Gasteiger partial charge in [-0.3, -0.25) is 29.4 Å². The second kappa shape index (κ2) is 8.58. The van der Waals surface area contributed by atoms with Crippen molar-refractivity contribution in [1.82, 2.24) is 9.88 Å². The van der Waals surface area contributed by atoms with Gasteiger partial charge in [-0.15, -0.1) is 11.3 Å². The van der Waals surface area contributed by atoms with Crippen LogP contribution >= 0.6 is 11.3 Å². The first-order valence-corrected chi connectivity index (χ1v) is 11.1. The largest absolute Gasteiger partial charge is 0.469 e. The van der Waals surface area contributed by atoms with E-state index in [1.807, 2.05) is 0 Å². The van der Waals surface area contributed by atoms with E-state index in [2.05, 4.69) is 15.0 Å². The van der Waals surface area contributed by atoms with Crippen LogP contribution in [-0.4, -0.2) is 46.7 Å². The topological polar surface area (TPSA) is 106 Å². The van der Waals surface area contributed by atoms with Crippen molar-refractivity contribution in [3.8, 4) is 0 Å². The Bertz CT molecular complexity index is 1070. The van der Waals surface area contributed by atoms with Gasteiger partial charge < -0.3 is 4.74 Å². The predicted molar refractivity (Wildman–Crippen MR) is 114 cm³/mol. The summed E-state index contributed by atoms with van der Waals surface area (Å²) in [5.74, 6) is -1.42. The van der Waals surface area contributed by atoms with Crippen LogP contribution in [0.5, 0.6) is 0 Å². The third-order valence-electron chi connectivity index (χ3n) is 5.77. The average Bonchev–Trinajstić information content (AvgIpc) is 3.24. The molecule has 1 aliphatic carbocycles. The van der Waals surface area contributed by atoms with Gasteiger partial charge in [0.2, 0.25) is 0 Å². The van der Waals surface area contributed by atoms with E-state index in [-0.39, 0.29) is 41.4 Å². The number of rotatable bonds is 5. The highest BCUT2D eigenvalue weighted by atomic mass is 32.1. The molecule has 162 valence electrons. The van der Waals surface area contributed by atoms with E-state index in [1.54, 1.807) is 19.1 Å². The molecule has 0 radical (unpaired) electrons. The van der Waals surface area contributed by atoms with Gasteiger partial charge in [0.05, 0.1) is 30.4 Å². The van der Waals surface area contributed by atoms with Crippen LogP contribution < -0.4 is 5.32 Å². The summed E-state index contributed by atoms with van der Waals surface area (Å²) in [6, 6.07) is 4.50. The minimum absolute atomic E-state index is 0.0649. The van der Waals surface area contributed by atoms with Gasteiger partial charge in [0.25, 0.3) is 17.7 Å². The number of nitrogens with zero attached hydrogens (tertiary/aromatic N) is 2. The number of hydrogen-bond acceptors (Lipinski definition) is 7. The molecule has 3 amide bonds. The zero-order valence-electron chi connectivity index (χ0n) is 17.4. The summed E-state index contributed by atoms with van der Waals surface area (Å²) in [4.78, 5) is 56.3. The van der Waals surface area contributed by atoms with Gasteiger partial charge in [-0.25, -0.2) is 4.98 Å². The number of imide groups is 1. The second-order valence-corrected chi connectivity index (χ2v) is 8.85. The maximum Gasteiger partial charge on any atom is 0.310 e. The van der Waals surface area contributed by atoms with Gasteiger partial charge in [0.15, 0.2) is 5.13 Å². The monoisotopic (exact) mass is 441 g/mol. The first-order chi connectivity index (χ1) is 14.9. The average molecular weight is 442 g/mol. The van der Waals surface area contributed by atoms with Gasteiger partial charge in [0, 0.05) is 16.5 Å². The molecule has 2 heterocycles. The van der Waals surface area contributed by atoms with Crippen molar-refractivity contribution in [1.29, 1.82) is 0 Å². The smallest absolute Gasteiger partial charge is 0.310 e. The molecule has 1 aromatic carbocycles. The molecule has 1 saturated carbocycles. The Morgan fingerprint density at radius 2 is 1.87 bits per heavy atom. The molecule has 31 heavy (non-hydrogen) atoms. The lowest BCUT2D eigenvalue weighted by Gasteiger charge is -2.29. The molecule has 0 atom stereocenters. The van der Waals surface area contributed by atoms with Gasteiger partial charge in [-0.1, -0.05) is 19.3 Å². The Kier molecular flexibility index (Phi) is 5.86. The molecule has 0 bridgehead atoms. The molecule has 0 saturated heterocycles. The Labute approximate surface area is 183 Å². The first-order valence-electron chi connectivity index (χ1n) is 10.3. The predicted octanol–water partition coefficient (Wildman–Crippen LogP) is 3.35. The van der Waals surface area contributed by atoms with E-state index in [1.165, 1.54) is 29.4 Å². The number of anilines is 1. The van der Waals surface area contributed by atoms with E-state index in [9.17, 15) is 19.2 Å². The van der Waals surface area contributed by atoms with Gasteiger partial charge in [-0.2, -0.15) is 0 Å². The fourth-order valence-corrected chi connectivity index (χ4v) is 5.03. The zero-order chi connectivity index (χ0) is 22.1. The third kappa shape index (κ3) is 4.10. The van der Waals surface area contributed by atoms with Gasteiger partial charge in [-0.05, 0) is 38.0 Å². The lowest BCUT2D eigenvalue weighted by Crippen LogP contribution is -2.40. The summed E-state index contributed by atoms with van der Waals surface area (Å²) in [7, 11) is 1.32. The quantitative estimate of drug-likeness (QED) is 0.563. The molecule has 1 aliphatic heterocycles. The highest BCUT2D eigenvalue weighted by Crippen LogP contribution is 2.32. The lowest BCUT2D eigenvalue weighted by molar-refractivity contribution is -0.139. The number of thiazole rings is 1. The third-order valence-corrected chi connectivity index (χ3v) is 6.84. The van der Waals surface area contributed by atoms with E-state index >= 15 is 0 Å². The molecule has 1 fully saturated rings. The van der Waals surface area contributed by atoms with E-state index < -0.39 is 5.91 Å². The molecule has 1 aromatic heterocycles. The molecule has 9 heteroatoms. The van der Waals surface area contributed by atoms with Crippen molar-refractivity contribution in [3.05, 3.63) is 45.5 Å². The fraction of sp³-hybridized carbons (Fsp3) is 0.409. The van der Waals surface area contributed by atoms with E-state index in [0.717, 1.165) is 32.1 Å². The summed E-state index contributed by atoms with van der Waals surface area (Å²) in [6.45, 7) is 1.75. The standard InChI is InChI=1S/C22H23N3O5S/c1-12-17(11-18(26)30-2)31-22(23-12)24-19(27)13-8-9-15-16(10-13)21(29)25(20(15)28)14-6-4-3-5-7-14/h8-10,14H,3-7,11H2,1-2H3,(H,23,24,27). The fourth-order valence-electron chi connectivity index (χ4n) is 4.09. The number of nitrogens with one attached hydrogen (secondary N) is 1. The zero-order valence-corrected chi connectivity index (χ0v) is 18.2. The molecule has 2 aromatic rings. The van der Waals surface area contributed by atoms with Crippen LogP contribution in [0.4, 0.5) is 5.13 Å². The Hall–Kier alpha value is -3.07. The number of amides is 3. The SMILES string of the molecule is COC(=O)Cc1sc(NC(=O)c2ccc3c(c2)C(=O)N(C2CCCCC2)C3=O)nc1C. The number of ether oxygens (including phenoxy) is 1. The van der Waals surface area contributed by atoms with E-state index in [4.69, 9.17) is 0 Å². The molecule has 1 N–H and O–H groups in total. The Morgan fingerprint density at radius 1 is 1.16 bits per heavy atom. The van der Waals surface area contributed by atoms with Gasteiger partial charge >= 0.3 is 5.97 Å². The highest BCUT2D eigenvalue weighted by molar-refractivity contribution is 7.16. The maximum atomic E-state index is 12.9. The van der Waals surface area contributed by atoms with Crippen molar-refractivity contribution in [2.45, 2.75) is 51.5 Å². The minimum atomic E-state index is -0.433. The van der Waals surface area contributed by atoms with Crippen molar-refractivity contribution in [2.75, 3.05) is 12.4 Å². The summed E-state index contributed by atoms with van der Waals surface area (Å²) in [5.41, 5.74) is 1.53. The number of hydrogen-bond donors (Lipinski definition) is 1. The molecule has 8 nitrogen and oxygen atoms in total. The minimum Gasteiger partial charge on any atom is -0.469 e. The summed E-state index contributed by atoms with van der Waals surface area (Å²) in [6.07, 6.45) is 4.89. The normalized spacial score (nSPS) is 16.4. The van der Waals surface area contributed by atoms with Crippen LogP contribution in [0.2, 0.25) is 0 Å². The highest BCUT2D eigenvalue weighted by Gasteiger charge is 2.40. The number of aryl methyl sites for hydroxylation is 1. The summed E-state index contributed by atoms with van der Waals surface area (Å²) in [5, 5.41) is 3.06. The van der Waals surface area contributed by atoms with Gasteiger partial charge in [0.1, 0.15) is 0 Å². The Morgan fingerprint density at radius 3 is 2.58 bits per heavy atom. The number of methoxy groups -OCH3 is 1. The molecular formula is C22H23N3O5S. The lowest BCUT2D eigenvalue weighted by atomic mass is 9.94. The van der Waals surface area contributed by atoms with Crippen molar-refractivity contribution in [3.63, 3.8) is 0 Å². The number of fused-ring (bicyclic) bond motifs is 1. The number of carbonyl (C=O) groups is 4. The first kappa shape index (κ1) is 21.2. The van der Waals surface area contributed by atoms with Crippen LogP contribution in [0, 0.1) is 6.92 Å². The Balaban J connectivity index is 1.51. The maximum absolute atomic E-state index is 12.9. The number of aromatic nitrogens is 1. The van der Waals surface area contributed by atoms with Crippen molar-refractivity contribution < 1.29 is 23.9 Å². The van der Waals surface area contributed by atoms with Crippen molar-refractivity contribution >= 4 is 40.2 Å². The summed E-state index contributed by atoms with van der Waals surface area (Å²) >= 11 is 1.20. The molecular weight excluding hydrogens is 418 g/mol. The van der Waals surface area contributed by atoms with Crippen LogP contribution in [0.3, 0.4) is 0 Å². The molecule has 0 spiro atoms. The van der Waals surface area contributed by atoms with Crippen molar-refractivity contribution in [2.24, 2.45) is 0 Å². The number of carbonyl (C=O) groups excluding carboxylic acids is 4. The van der Waals surface area contributed by atoms with Crippen LogP contribution in [-0.2, 0) is 16.0 Å². The van der Waals surface area contributed by atoms with Crippen LogP contribution in [0.15, 0.2) is 18.2 Å². The molecule has 0 unspecified atom stereocenters. The number of benzene rings is 1. The molecule has 2 aliphatic rings.